The van der Waals surface area contributed by atoms with E-state index >= 15 is 0 Å². The number of carbonyl (C=O) groups is 1. The highest BCUT2D eigenvalue weighted by molar-refractivity contribution is 5.92. The predicted molar refractivity (Wildman–Crippen MR) is 94.8 cm³/mol. The smallest absolute Gasteiger partial charge is 0.262 e. The molecular weight excluding hydrogens is 304 g/mol. The zero-order valence-electron chi connectivity index (χ0n) is 13.8. The lowest BCUT2D eigenvalue weighted by atomic mass is 10.2. The van der Waals surface area contributed by atoms with Crippen molar-refractivity contribution in [2.24, 2.45) is 0 Å². The number of rotatable bonds is 5. The lowest BCUT2D eigenvalue weighted by molar-refractivity contribution is -0.118. The third-order valence-electron chi connectivity index (χ3n) is 3.90. The first-order valence-electron chi connectivity index (χ1n) is 8.13. The van der Waals surface area contributed by atoms with Crippen LogP contribution in [0.4, 0.5) is 11.4 Å². The molecular formula is C19H22N2O3. The molecule has 5 nitrogen and oxygen atoms in total. The lowest BCUT2D eigenvalue weighted by Gasteiger charge is -2.29. The van der Waals surface area contributed by atoms with Gasteiger partial charge in [-0.2, -0.15) is 0 Å². The summed E-state index contributed by atoms with van der Waals surface area (Å²) in [7, 11) is 0. The number of hydrogen-bond acceptors (Lipinski definition) is 4. The Morgan fingerprint density at radius 3 is 2.67 bits per heavy atom. The van der Waals surface area contributed by atoms with E-state index in [0.717, 1.165) is 43.2 Å². The number of anilines is 2. The Morgan fingerprint density at radius 2 is 1.92 bits per heavy atom. The third kappa shape index (κ3) is 4.49. The van der Waals surface area contributed by atoms with Gasteiger partial charge in [0.05, 0.1) is 13.2 Å². The van der Waals surface area contributed by atoms with Crippen LogP contribution in [0.15, 0.2) is 48.5 Å². The van der Waals surface area contributed by atoms with Crippen LogP contribution in [0.2, 0.25) is 0 Å². The minimum absolute atomic E-state index is 0.00908. The summed E-state index contributed by atoms with van der Waals surface area (Å²) in [5, 5.41) is 2.88. The molecule has 2 aromatic carbocycles. The maximum Gasteiger partial charge on any atom is 0.262 e. The minimum atomic E-state index is -0.172. The van der Waals surface area contributed by atoms with E-state index in [1.54, 1.807) is 0 Å². The van der Waals surface area contributed by atoms with Crippen molar-refractivity contribution in [3.8, 4) is 5.75 Å². The number of morpholine rings is 1. The van der Waals surface area contributed by atoms with Crippen LogP contribution >= 0.6 is 0 Å². The van der Waals surface area contributed by atoms with Crippen molar-refractivity contribution in [2.75, 3.05) is 43.1 Å². The van der Waals surface area contributed by atoms with Crippen LogP contribution in [0, 0.1) is 6.92 Å². The van der Waals surface area contributed by atoms with Crippen molar-refractivity contribution < 1.29 is 14.3 Å². The molecule has 126 valence electrons. The first-order chi connectivity index (χ1) is 11.7. The molecule has 0 spiro atoms. The molecule has 24 heavy (non-hydrogen) atoms. The van der Waals surface area contributed by atoms with E-state index in [0.29, 0.717) is 5.75 Å². The number of benzene rings is 2. The zero-order valence-corrected chi connectivity index (χ0v) is 13.8. The van der Waals surface area contributed by atoms with E-state index in [9.17, 15) is 4.79 Å². The van der Waals surface area contributed by atoms with Gasteiger partial charge in [-0.25, -0.2) is 0 Å². The summed E-state index contributed by atoms with van der Waals surface area (Å²) in [5.41, 5.74) is 3.03. The Labute approximate surface area is 142 Å². The summed E-state index contributed by atoms with van der Waals surface area (Å²) >= 11 is 0. The Balaban J connectivity index is 1.55. The normalized spacial score (nSPS) is 14.3. The quantitative estimate of drug-likeness (QED) is 0.918. The van der Waals surface area contributed by atoms with Gasteiger partial charge in [0.1, 0.15) is 5.75 Å². The van der Waals surface area contributed by atoms with Crippen molar-refractivity contribution >= 4 is 17.3 Å². The second-order valence-corrected chi connectivity index (χ2v) is 5.80. The Kier molecular flexibility index (Phi) is 5.33. The van der Waals surface area contributed by atoms with Gasteiger partial charge in [0.25, 0.3) is 5.91 Å². The summed E-state index contributed by atoms with van der Waals surface area (Å²) in [4.78, 5) is 14.3. The van der Waals surface area contributed by atoms with Crippen LogP contribution < -0.4 is 15.0 Å². The van der Waals surface area contributed by atoms with Crippen LogP contribution in [0.25, 0.3) is 0 Å². The van der Waals surface area contributed by atoms with Crippen LogP contribution in [-0.2, 0) is 9.53 Å². The van der Waals surface area contributed by atoms with Crippen molar-refractivity contribution in [1.29, 1.82) is 0 Å². The highest BCUT2D eigenvalue weighted by Gasteiger charge is 2.12. The standard InChI is InChI=1S/C19H22N2O3/c1-15-5-7-18(8-6-15)24-14-19(22)20-16-3-2-4-17(13-16)21-9-11-23-12-10-21/h2-8,13H,9-12,14H2,1H3,(H,20,22). The van der Waals surface area contributed by atoms with E-state index in [1.165, 1.54) is 0 Å². The van der Waals surface area contributed by atoms with Crippen molar-refractivity contribution in [2.45, 2.75) is 6.92 Å². The fourth-order valence-corrected chi connectivity index (χ4v) is 2.58. The monoisotopic (exact) mass is 326 g/mol. The zero-order chi connectivity index (χ0) is 16.8. The molecule has 1 aliphatic heterocycles. The average Bonchev–Trinajstić information content (AvgIpc) is 2.62. The average molecular weight is 326 g/mol. The second kappa shape index (κ2) is 7.84. The molecule has 0 unspecified atom stereocenters. The summed E-state index contributed by atoms with van der Waals surface area (Å²) < 4.78 is 10.9. The molecule has 1 aliphatic rings. The molecule has 0 saturated carbocycles. The molecule has 0 radical (unpaired) electrons. The molecule has 0 aromatic heterocycles. The predicted octanol–water partition coefficient (Wildman–Crippen LogP) is 2.85. The van der Waals surface area contributed by atoms with E-state index in [4.69, 9.17) is 9.47 Å². The van der Waals surface area contributed by atoms with Gasteiger partial charge in [0.2, 0.25) is 0 Å². The summed E-state index contributed by atoms with van der Waals surface area (Å²) in [6.07, 6.45) is 0. The van der Waals surface area contributed by atoms with E-state index in [1.807, 2.05) is 55.5 Å². The first kappa shape index (κ1) is 16.3. The lowest BCUT2D eigenvalue weighted by Crippen LogP contribution is -2.36. The number of nitrogens with zero attached hydrogens (tertiary/aromatic N) is 1. The van der Waals surface area contributed by atoms with Gasteiger partial charge < -0.3 is 19.7 Å². The maximum atomic E-state index is 12.1. The van der Waals surface area contributed by atoms with Crippen LogP contribution in [-0.4, -0.2) is 38.8 Å². The Morgan fingerprint density at radius 1 is 1.17 bits per heavy atom. The summed E-state index contributed by atoms with van der Waals surface area (Å²) in [5.74, 6) is 0.521. The number of nitrogens with one attached hydrogen (secondary N) is 1. The van der Waals surface area contributed by atoms with Gasteiger partial charge in [0.15, 0.2) is 6.61 Å². The molecule has 1 amide bonds. The number of aryl methyl sites for hydroxylation is 1. The van der Waals surface area contributed by atoms with Crippen molar-refractivity contribution in [3.05, 3.63) is 54.1 Å². The molecule has 1 fully saturated rings. The van der Waals surface area contributed by atoms with Gasteiger partial charge in [-0.1, -0.05) is 23.8 Å². The highest BCUT2D eigenvalue weighted by Crippen LogP contribution is 2.20. The second-order valence-electron chi connectivity index (χ2n) is 5.80. The van der Waals surface area contributed by atoms with Crippen LogP contribution in [0.5, 0.6) is 5.75 Å². The van der Waals surface area contributed by atoms with Crippen molar-refractivity contribution in [1.82, 2.24) is 0 Å². The maximum absolute atomic E-state index is 12.1. The first-order valence-corrected chi connectivity index (χ1v) is 8.13. The Hall–Kier alpha value is -2.53. The number of amides is 1. The fourth-order valence-electron chi connectivity index (χ4n) is 2.58. The molecule has 2 aromatic rings. The number of ether oxygens (including phenoxy) is 2. The van der Waals surface area contributed by atoms with E-state index < -0.39 is 0 Å². The van der Waals surface area contributed by atoms with Gasteiger partial charge in [-0.05, 0) is 37.3 Å². The van der Waals surface area contributed by atoms with Crippen molar-refractivity contribution in [3.63, 3.8) is 0 Å². The van der Waals surface area contributed by atoms with Gasteiger partial charge in [0, 0.05) is 24.5 Å². The molecule has 0 atom stereocenters. The molecule has 3 rings (SSSR count). The minimum Gasteiger partial charge on any atom is -0.484 e. The number of carbonyl (C=O) groups excluding carboxylic acids is 1. The largest absolute Gasteiger partial charge is 0.484 e. The molecule has 0 bridgehead atoms. The van der Waals surface area contributed by atoms with Gasteiger partial charge in [-0.3, -0.25) is 4.79 Å². The summed E-state index contributed by atoms with van der Waals surface area (Å²) in [6, 6.07) is 15.5. The van der Waals surface area contributed by atoms with E-state index in [2.05, 4.69) is 10.2 Å². The third-order valence-corrected chi connectivity index (χ3v) is 3.90. The van der Waals surface area contributed by atoms with Gasteiger partial charge in [-0.15, -0.1) is 0 Å². The topological polar surface area (TPSA) is 50.8 Å². The highest BCUT2D eigenvalue weighted by atomic mass is 16.5. The number of hydrogen-bond donors (Lipinski definition) is 1. The SMILES string of the molecule is Cc1ccc(OCC(=O)Nc2cccc(N3CCOCC3)c2)cc1. The molecule has 5 heteroatoms. The molecule has 1 saturated heterocycles. The van der Waals surface area contributed by atoms with Gasteiger partial charge >= 0.3 is 0 Å². The van der Waals surface area contributed by atoms with Crippen LogP contribution in [0.3, 0.4) is 0 Å². The Bertz CT molecular complexity index is 679. The van der Waals surface area contributed by atoms with Crippen LogP contribution in [0.1, 0.15) is 5.56 Å². The molecule has 1 heterocycles. The fraction of sp³-hybridized carbons (Fsp3) is 0.316. The molecule has 1 N–H and O–H groups in total. The van der Waals surface area contributed by atoms with E-state index in [-0.39, 0.29) is 12.5 Å². The molecule has 0 aliphatic carbocycles. The summed E-state index contributed by atoms with van der Waals surface area (Å²) in [6.45, 7) is 5.21.